The average molecular weight is 428 g/mol. The number of amides is 2. The Morgan fingerprint density at radius 2 is 1.75 bits per heavy atom. The quantitative estimate of drug-likeness (QED) is 0.613. The summed E-state index contributed by atoms with van der Waals surface area (Å²) in [7, 11) is -0.226. The number of halogens is 1. The minimum Gasteiger partial charge on any atom is -0.468 e. The molecule has 1 atom stereocenters. The van der Waals surface area contributed by atoms with E-state index < -0.39 is 26.9 Å². The molecule has 2 aromatic rings. The average Bonchev–Trinajstić information content (AvgIpc) is 3.15. The highest BCUT2D eigenvalue weighted by Crippen LogP contribution is 2.29. The van der Waals surface area contributed by atoms with Gasteiger partial charge in [0.15, 0.2) is 9.84 Å². The third-order valence-corrected chi connectivity index (χ3v) is 6.21. The molecule has 0 aliphatic rings. The SMILES string of the molecule is CN(C)CCNC(=O)C(=O)NC[C@@H](c1ccco1)S(=O)(=O)c1ccc(Cl)cc1. The lowest BCUT2D eigenvalue weighted by Crippen LogP contribution is -2.43. The van der Waals surface area contributed by atoms with E-state index in [-0.39, 0.29) is 17.2 Å². The summed E-state index contributed by atoms with van der Waals surface area (Å²) in [4.78, 5) is 25.8. The first-order chi connectivity index (χ1) is 13.2. The summed E-state index contributed by atoms with van der Waals surface area (Å²) in [6.45, 7) is 0.543. The maximum Gasteiger partial charge on any atom is 0.309 e. The van der Waals surface area contributed by atoms with Gasteiger partial charge in [-0.2, -0.15) is 0 Å². The van der Waals surface area contributed by atoms with Gasteiger partial charge in [-0.1, -0.05) is 11.6 Å². The number of hydrogen-bond donors (Lipinski definition) is 2. The normalized spacial score (nSPS) is 12.6. The van der Waals surface area contributed by atoms with E-state index in [1.165, 1.54) is 36.6 Å². The van der Waals surface area contributed by atoms with Gasteiger partial charge in [0.05, 0.1) is 11.2 Å². The second-order valence-electron chi connectivity index (χ2n) is 6.27. The topological polar surface area (TPSA) is 109 Å². The van der Waals surface area contributed by atoms with Gasteiger partial charge in [0.2, 0.25) is 0 Å². The molecule has 0 saturated carbocycles. The van der Waals surface area contributed by atoms with Gasteiger partial charge in [0.1, 0.15) is 11.0 Å². The lowest BCUT2D eigenvalue weighted by Gasteiger charge is -2.17. The summed E-state index contributed by atoms with van der Waals surface area (Å²) in [6.07, 6.45) is 1.34. The molecule has 10 heteroatoms. The molecule has 0 radical (unpaired) electrons. The fraction of sp³-hybridized carbons (Fsp3) is 0.333. The molecule has 0 fully saturated rings. The highest BCUT2D eigenvalue weighted by atomic mass is 35.5. The molecule has 2 N–H and O–H groups in total. The number of likely N-dealkylation sites (N-methyl/N-ethyl adjacent to an activating group) is 1. The molecule has 0 unspecified atom stereocenters. The Labute approximate surface area is 168 Å². The van der Waals surface area contributed by atoms with Crippen LogP contribution in [0.25, 0.3) is 0 Å². The largest absolute Gasteiger partial charge is 0.468 e. The number of hydrogen-bond acceptors (Lipinski definition) is 6. The van der Waals surface area contributed by atoms with Crippen LogP contribution in [0.4, 0.5) is 0 Å². The summed E-state index contributed by atoms with van der Waals surface area (Å²) in [5, 5.41) is 4.04. The Kier molecular flexibility index (Phi) is 7.61. The smallest absolute Gasteiger partial charge is 0.309 e. The molecule has 152 valence electrons. The van der Waals surface area contributed by atoms with Gasteiger partial charge in [0.25, 0.3) is 0 Å². The molecule has 0 aliphatic heterocycles. The van der Waals surface area contributed by atoms with Crippen LogP contribution in [0, 0.1) is 0 Å². The van der Waals surface area contributed by atoms with E-state index in [0.717, 1.165) is 0 Å². The third-order valence-electron chi connectivity index (χ3n) is 3.88. The van der Waals surface area contributed by atoms with Crippen molar-refractivity contribution in [1.82, 2.24) is 15.5 Å². The van der Waals surface area contributed by atoms with E-state index in [4.69, 9.17) is 16.0 Å². The number of sulfone groups is 1. The number of nitrogens with one attached hydrogen (secondary N) is 2. The fourth-order valence-corrected chi connectivity index (χ4v) is 4.08. The maximum atomic E-state index is 13.0. The van der Waals surface area contributed by atoms with E-state index in [9.17, 15) is 18.0 Å². The summed E-state index contributed by atoms with van der Waals surface area (Å²) in [5.41, 5.74) is 0. The number of nitrogens with zero attached hydrogens (tertiary/aromatic N) is 1. The molecule has 28 heavy (non-hydrogen) atoms. The molecule has 8 nitrogen and oxygen atoms in total. The van der Waals surface area contributed by atoms with Crippen LogP contribution in [0.1, 0.15) is 11.0 Å². The zero-order chi connectivity index (χ0) is 20.7. The number of carbonyl (C=O) groups excluding carboxylic acids is 2. The van der Waals surface area contributed by atoms with E-state index in [2.05, 4.69) is 10.6 Å². The van der Waals surface area contributed by atoms with Gasteiger partial charge in [-0.3, -0.25) is 9.59 Å². The first-order valence-corrected chi connectivity index (χ1v) is 10.4. The summed E-state index contributed by atoms with van der Waals surface area (Å²) in [5.74, 6) is -1.59. The molecule has 0 spiro atoms. The first-order valence-electron chi connectivity index (χ1n) is 8.45. The van der Waals surface area contributed by atoms with E-state index in [1.54, 1.807) is 6.07 Å². The van der Waals surface area contributed by atoms with Gasteiger partial charge in [-0.05, 0) is 50.5 Å². The van der Waals surface area contributed by atoms with Crippen molar-refractivity contribution in [2.45, 2.75) is 10.1 Å². The summed E-state index contributed by atoms with van der Waals surface area (Å²) >= 11 is 5.82. The van der Waals surface area contributed by atoms with Crippen LogP contribution in [0.2, 0.25) is 5.02 Å². The van der Waals surface area contributed by atoms with Crippen molar-refractivity contribution in [2.24, 2.45) is 0 Å². The zero-order valence-electron chi connectivity index (χ0n) is 15.5. The number of furan rings is 1. The highest BCUT2D eigenvalue weighted by molar-refractivity contribution is 7.91. The molecule has 1 aromatic heterocycles. The minimum absolute atomic E-state index is 0.0305. The molecular weight excluding hydrogens is 406 g/mol. The first kappa shape index (κ1) is 21.9. The standard InChI is InChI=1S/C18H22ClN3O5S/c1-22(2)10-9-20-17(23)18(24)21-12-16(15-4-3-11-27-15)28(25,26)14-7-5-13(19)6-8-14/h3-8,11,16H,9-10,12H2,1-2H3,(H,20,23)(H,21,24)/t16-/m0/s1. The highest BCUT2D eigenvalue weighted by Gasteiger charge is 2.32. The van der Waals surface area contributed by atoms with Gasteiger partial charge in [0, 0.05) is 24.7 Å². The van der Waals surface area contributed by atoms with Crippen molar-refractivity contribution in [2.75, 3.05) is 33.7 Å². The Balaban J connectivity index is 2.11. The zero-order valence-corrected chi connectivity index (χ0v) is 17.1. The van der Waals surface area contributed by atoms with E-state index in [1.807, 2.05) is 19.0 Å². The number of carbonyl (C=O) groups is 2. The van der Waals surface area contributed by atoms with Crippen LogP contribution < -0.4 is 10.6 Å². The fourth-order valence-electron chi connectivity index (χ4n) is 2.37. The number of benzene rings is 1. The maximum absolute atomic E-state index is 13.0. The van der Waals surface area contributed by atoms with Gasteiger partial charge >= 0.3 is 11.8 Å². The Morgan fingerprint density at radius 1 is 1.11 bits per heavy atom. The molecule has 2 amide bonds. The molecule has 1 aromatic carbocycles. The van der Waals surface area contributed by atoms with Crippen LogP contribution in [0.15, 0.2) is 52.0 Å². The van der Waals surface area contributed by atoms with Gasteiger partial charge in [-0.15, -0.1) is 0 Å². The van der Waals surface area contributed by atoms with Crippen molar-refractivity contribution >= 4 is 33.3 Å². The van der Waals surface area contributed by atoms with Crippen LogP contribution in [0.3, 0.4) is 0 Å². The predicted molar refractivity (Wildman–Crippen MR) is 105 cm³/mol. The van der Waals surface area contributed by atoms with E-state index >= 15 is 0 Å². The van der Waals surface area contributed by atoms with Crippen molar-refractivity contribution in [3.63, 3.8) is 0 Å². The summed E-state index contributed by atoms with van der Waals surface area (Å²) < 4.78 is 31.3. The van der Waals surface area contributed by atoms with Gasteiger partial charge < -0.3 is 20.0 Å². The van der Waals surface area contributed by atoms with E-state index in [0.29, 0.717) is 18.1 Å². The van der Waals surface area contributed by atoms with Crippen molar-refractivity contribution in [3.8, 4) is 0 Å². The van der Waals surface area contributed by atoms with Crippen molar-refractivity contribution in [3.05, 3.63) is 53.4 Å². The summed E-state index contributed by atoms with van der Waals surface area (Å²) in [6, 6.07) is 8.73. The monoisotopic (exact) mass is 427 g/mol. The third kappa shape index (κ3) is 5.82. The lowest BCUT2D eigenvalue weighted by molar-refractivity contribution is -0.139. The number of rotatable bonds is 8. The molecule has 0 aliphatic carbocycles. The Hall–Kier alpha value is -2.36. The van der Waals surface area contributed by atoms with Crippen LogP contribution in [-0.4, -0.2) is 58.9 Å². The Morgan fingerprint density at radius 3 is 2.32 bits per heavy atom. The molecule has 2 rings (SSSR count). The second kappa shape index (κ2) is 9.72. The molecule has 1 heterocycles. The van der Waals surface area contributed by atoms with Gasteiger partial charge in [-0.25, -0.2) is 8.42 Å². The predicted octanol–water partition coefficient (Wildman–Crippen LogP) is 1.24. The molecular formula is C18H22ClN3O5S. The van der Waals surface area contributed by atoms with Crippen molar-refractivity contribution < 1.29 is 22.4 Å². The molecule has 0 bridgehead atoms. The minimum atomic E-state index is -3.90. The van der Waals surface area contributed by atoms with Crippen LogP contribution >= 0.6 is 11.6 Å². The van der Waals surface area contributed by atoms with Crippen LogP contribution in [-0.2, 0) is 19.4 Å². The molecule has 0 saturated heterocycles. The second-order valence-corrected chi connectivity index (χ2v) is 8.84. The van der Waals surface area contributed by atoms with Crippen LogP contribution in [0.5, 0.6) is 0 Å². The lowest BCUT2D eigenvalue weighted by atomic mass is 10.3. The Bertz CT molecular complexity index is 896. The van der Waals surface area contributed by atoms with Crippen molar-refractivity contribution in [1.29, 1.82) is 0 Å².